The van der Waals surface area contributed by atoms with Crippen molar-refractivity contribution in [3.8, 4) is 5.75 Å². The highest BCUT2D eigenvalue weighted by Crippen LogP contribution is 2.24. The number of ether oxygens (including phenoxy) is 2. The quantitative estimate of drug-likeness (QED) is 0.808. The molecule has 0 bridgehead atoms. The Morgan fingerprint density at radius 3 is 2.70 bits per heavy atom. The van der Waals surface area contributed by atoms with E-state index in [1.54, 1.807) is 7.11 Å². The van der Waals surface area contributed by atoms with Crippen molar-refractivity contribution < 1.29 is 14.3 Å². The average molecular weight is 272 g/mol. The van der Waals surface area contributed by atoms with Crippen molar-refractivity contribution >= 4 is 16.6 Å². The zero-order valence-electron chi connectivity index (χ0n) is 12.2. The number of hydrogen-bond donors (Lipinski definition) is 0. The Bertz CT molecular complexity index is 602. The molecule has 0 N–H and O–H groups in total. The highest BCUT2D eigenvalue weighted by Gasteiger charge is 2.09. The summed E-state index contributed by atoms with van der Waals surface area (Å²) in [7, 11) is 1.64. The second-order valence-electron chi connectivity index (χ2n) is 5.08. The third-order valence-corrected chi connectivity index (χ3v) is 3.14. The lowest BCUT2D eigenvalue weighted by atomic mass is 10.0. The lowest BCUT2D eigenvalue weighted by Gasteiger charge is -2.09. The van der Waals surface area contributed by atoms with Crippen LogP contribution >= 0.6 is 0 Å². The molecule has 0 aliphatic heterocycles. The Labute approximate surface area is 119 Å². The van der Waals surface area contributed by atoms with Gasteiger partial charge in [-0.3, -0.25) is 4.79 Å². The number of carbonyl (C=O) groups excluding carboxylic acids is 1. The van der Waals surface area contributed by atoms with Crippen LogP contribution < -0.4 is 4.74 Å². The number of hydrogen-bond acceptors (Lipinski definition) is 3. The Balaban J connectivity index is 2.22. The lowest BCUT2D eigenvalue weighted by molar-refractivity contribution is -0.124. The number of Topliss-reactive ketones (excluding diaryl/α,β-unsaturated/α-hetero) is 1. The zero-order valence-corrected chi connectivity index (χ0v) is 12.2. The van der Waals surface area contributed by atoms with E-state index in [9.17, 15) is 4.79 Å². The van der Waals surface area contributed by atoms with Gasteiger partial charge in [-0.2, -0.15) is 0 Å². The highest BCUT2D eigenvalue weighted by atomic mass is 16.5. The van der Waals surface area contributed by atoms with Gasteiger partial charge in [-0.25, -0.2) is 0 Å². The summed E-state index contributed by atoms with van der Waals surface area (Å²) in [6, 6.07) is 11.9. The third kappa shape index (κ3) is 3.58. The van der Waals surface area contributed by atoms with Gasteiger partial charge in [0, 0.05) is 6.42 Å². The van der Waals surface area contributed by atoms with Crippen LogP contribution in [-0.2, 0) is 16.0 Å². The van der Waals surface area contributed by atoms with Crippen LogP contribution in [0, 0.1) is 0 Å². The minimum atomic E-state index is 0.0755. The molecule has 20 heavy (non-hydrogen) atoms. The fraction of sp³-hybridized carbons (Fsp3) is 0.353. The molecule has 2 aromatic carbocycles. The molecule has 3 nitrogen and oxygen atoms in total. The fourth-order valence-electron chi connectivity index (χ4n) is 2.12. The Kier molecular flexibility index (Phi) is 4.74. The molecule has 0 heterocycles. The SMILES string of the molecule is COc1ccc2cccc(CC(=O)COC(C)C)c2c1. The van der Waals surface area contributed by atoms with Crippen LogP contribution in [0.15, 0.2) is 36.4 Å². The van der Waals surface area contributed by atoms with Crippen LogP contribution in [0.3, 0.4) is 0 Å². The molecule has 3 heteroatoms. The summed E-state index contributed by atoms with van der Waals surface area (Å²) >= 11 is 0. The van der Waals surface area contributed by atoms with Crippen molar-refractivity contribution in [1.82, 2.24) is 0 Å². The summed E-state index contributed by atoms with van der Waals surface area (Å²) in [5, 5.41) is 2.17. The van der Waals surface area contributed by atoms with E-state index in [0.717, 1.165) is 22.1 Å². The Morgan fingerprint density at radius 2 is 2.00 bits per heavy atom. The van der Waals surface area contributed by atoms with Gasteiger partial charge in [0.05, 0.1) is 13.2 Å². The second kappa shape index (κ2) is 6.53. The van der Waals surface area contributed by atoms with Gasteiger partial charge in [0.15, 0.2) is 5.78 Å². The number of fused-ring (bicyclic) bond motifs is 1. The minimum Gasteiger partial charge on any atom is -0.497 e. The number of rotatable bonds is 6. The van der Waals surface area contributed by atoms with Crippen LogP contribution in [0.5, 0.6) is 5.75 Å². The highest BCUT2D eigenvalue weighted by molar-refractivity contribution is 5.92. The third-order valence-electron chi connectivity index (χ3n) is 3.14. The van der Waals surface area contributed by atoms with Crippen molar-refractivity contribution in [2.24, 2.45) is 0 Å². The van der Waals surface area contributed by atoms with Gasteiger partial charge < -0.3 is 9.47 Å². The maximum Gasteiger partial charge on any atom is 0.162 e. The number of benzene rings is 2. The number of ketones is 1. The monoisotopic (exact) mass is 272 g/mol. The van der Waals surface area contributed by atoms with E-state index in [-0.39, 0.29) is 18.5 Å². The molecule has 106 valence electrons. The van der Waals surface area contributed by atoms with Crippen LogP contribution in [0.25, 0.3) is 10.8 Å². The Morgan fingerprint density at radius 1 is 1.20 bits per heavy atom. The van der Waals surface area contributed by atoms with E-state index in [0.29, 0.717) is 6.42 Å². The van der Waals surface area contributed by atoms with Crippen LogP contribution in [0.4, 0.5) is 0 Å². The standard InChI is InChI=1S/C17H20O3/c1-12(2)20-11-15(18)9-14-6-4-5-13-7-8-16(19-3)10-17(13)14/h4-8,10,12H,9,11H2,1-3H3. The number of methoxy groups -OCH3 is 1. The first-order chi connectivity index (χ1) is 9.60. The van der Waals surface area contributed by atoms with Crippen LogP contribution in [0.2, 0.25) is 0 Å². The molecule has 0 aromatic heterocycles. The van der Waals surface area contributed by atoms with E-state index in [1.165, 1.54) is 0 Å². The van der Waals surface area contributed by atoms with Gasteiger partial charge in [0.25, 0.3) is 0 Å². The van der Waals surface area contributed by atoms with E-state index in [1.807, 2.05) is 50.2 Å². The Hall–Kier alpha value is -1.87. The zero-order chi connectivity index (χ0) is 14.5. The largest absolute Gasteiger partial charge is 0.497 e. The molecule has 0 saturated carbocycles. The van der Waals surface area contributed by atoms with E-state index in [4.69, 9.17) is 9.47 Å². The van der Waals surface area contributed by atoms with Gasteiger partial charge in [-0.05, 0) is 42.3 Å². The molecule has 2 rings (SSSR count). The molecule has 0 aliphatic carbocycles. The lowest BCUT2D eigenvalue weighted by Crippen LogP contribution is -2.15. The first-order valence-corrected chi connectivity index (χ1v) is 6.79. The summed E-state index contributed by atoms with van der Waals surface area (Å²) in [6.45, 7) is 4.02. The molecule has 0 radical (unpaired) electrons. The average Bonchev–Trinajstić information content (AvgIpc) is 2.45. The van der Waals surface area contributed by atoms with Crippen molar-refractivity contribution in [2.45, 2.75) is 26.4 Å². The molecule has 0 atom stereocenters. The predicted molar refractivity (Wildman–Crippen MR) is 80.3 cm³/mol. The summed E-state index contributed by atoms with van der Waals surface area (Å²) in [5.41, 5.74) is 1.01. The van der Waals surface area contributed by atoms with Gasteiger partial charge >= 0.3 is 0 Å². The predicted octanol–water partition coefficient (Wildman–Crippen LogP) is 3.39. The number of carbonyl (C=O) groups is 1. The first kappa shape index (κ1) is 14.5. The van der Waals surface area contributed by atoms with E-state index in [2.05, 4.69) is 0 Å². The summed E-state index contributed by atoms with van der Waals surface area (Å²) in [4.78, 5) is 12.0. The van der Waals surface area contributed by atoms with Gasteiger partial charge in [0.2, 0.25) is 0 Å². The molecule has 0 fully saturated rings. The summed E-state index contributed by atoms with van der Waals surface area (Å²) < 4.78 is 10.6. The van der Waals surface area contributed by atoms with Crippen LogP contribution in [-0.4, -0.2) is 25.6 Å². The molecule has 0 spiro atoms. The molecule has 0 amide bonds. The van der Waals surface area contributed by atoms with E-state index < -0.39 is 0 Å². The van der Waals surface area contributed by atoms with Gasteiger partial charge in [-0.15, -0.1) is 0 Å². The normalized spacial score (nSPS) is 11.0. The molecule has 2 aromatic rings. The minimum absolute atomic E-state index is 0.0755. The molecular formula is C17H20O3. The van der Waals surface area contributed by atoms with Crippen molar-refractivity contribution in [1.29, 1.82) is 0 Å². The van der Waals surface area contributed by atoms with E-state index >= 15 is 0 Å². The summed E-state index contributed by atoms with van der Waals surface area (Å²) in [5.74, 6) is 0.893. The van der Waals surface area contributed by atoms with Crippen molar-refractivity contribution in [2.75, 3.05) is 13.7 Å². The van der Waals surface area contributed by atoms with Crippen LogP contribution in [0.1, 0.15) is 19.4 Å². The topological polar surface area (TPSA) is 35.5 Å². The molecular weight excluding hydrogens is 252 g/mol. The second-order valence-corrected chi connectivity index (χ2v) is 5.08. The van der Waals surface area contributed by atoms with Crippen molar-refractivity contribution in [3.63, 3.8) is 0 Å². The first-order valence-electron chi connectivity index (χ1n) is 6.79. The maximum atomic E-state index is 12.0. The smallest absolute Gasteiger partial charge is 0.162 e. The molecule has 0 unspecified atom stereocenters. The fourth-order valence-corrected chi connectivity index (χ4v) is 2.12. The summed E-state index contributed by atoms with van der Waals surface area (Å²) in [6.07, 6.45) is 0.462. The van der Waals surface area contributed by atoms with Gasteiger partial charge in [-0.1, -0.05) is 24.3 Å². The molecule has 0 saturated heterocycles. The van der Waals surface area contributed by atoms with Crippen molar-refractivity contribution in [3.05, 3.63) is 42.0 Å². The maximum absolute atomic E-state index is 12.0. The van der Waals surface area contributed by atoms with Gasteiger partial charge in [0.1, 0.15) is 12.4 Å². The molecule has 0 aliphatic rings.